The highest BCUT2D eigenvalue weighted by Crippen LogP contribution is 2.48. The maximum atomic E-state index is 14.1. The van der Waals surface area contributed by atoms with Gasteiger partial charge in [0, 0.05) is 0 Å². The molecule has 0 radical (unpaired) electrons. The van der Waals surface area contributed by atoms with Crippen molar-refractivity contribution in [3.63, 3.8) is 0 Å². The number of para-hydroxylation sites is 1. The van der Waals surface area contributed by atoms with Crippen LogP contribution in [0.5, 0.6) is 0 Å². The first-order valence-corrected chi connectivity index (χ1v) is 12.4. The number of carbonyl (C=O) groups is 1. The molecule has 0 N–H and O–H groups in total. The molecule has 0 fully saturated rings. The van der Waals surface area contributed by atoms with Crippen LogP contribution in [-0.2, 0) is 4.79 Å². The van der Waals surface area contributed by atoms with Gasteiger partial charge in [-0.2, -0.15) is 10.1 Å². The molecule has 0 aromatic heterocycles. The number of hydrogen-bond donors (Lipinski definition) is 0. The van der Waals surface area contributed by atoms with Crippen LogP contribution < -0.4 is 20.9 Å². The number of rotatable bonds is 4. The molecule has 3 nitrogen and oxygen atoms in total. The first kappa shape index (κ1) is 20.2. The van der Waals surface area contributed by atoms with Crippen molar-refractivity contribution in [2.45, 2.75) is 6.92 Å². The Morgan fingerprint density at radius 2 is 0.969 bits per heavy atom. The molecular formula is C28H23N2OP. The summed E-state index contributed by atoms with van der Waals surface area (Å²) in [5.41, 5.74) is 1.54. The van der Waals surface area contributed by atoms with Crippen LogP contribution >= 0.6 is 6.89 Å². The Morgan fingerprint density at radius 1 is 0.594 bits per heavy atom. The normalized spacial score (nSPS) is 13.9. The molecule has 0 saturated heterocycles. The summed E-state index contributed by atoms with van der Waals surface area (Å²) in [6, 6.07) is 40.9. The summed E-state index contributed by atoms with van der Waals surface area (Å²) < 4.78 is 0. The second-order valence-corrected chi connectivity index (χ2v) is 11.0. The Morgan fingerprint density at radius 3 is 1.38 bits per heavy atom. The minimum atomic E-state index is -2.48. The highest BCUT2D eigenvalue weighted by molar-refractivity contribution is 7.97. The van der Waals surface area contributed by atoms with Crippen molar-refractivity contribution in [1.82, 2.24) is 0 Å². The zero-order valence-electron chi connectivity index (χ0n) is 17.8. The van der Waals surface area contributed by atoms with Gasteiger partial charge in [0.1, 0.15) is 0 Å². The first-order valence-electron chi connectivity index (χ1n) is 10.6. The summed E-state index contributed by atoms with van der Waals surface area (Å²) in [5.74, 6) is -0.0569. The summed E-state index contributed by atoms with van der Waals surface area (Å²) in [6.07, 6.45) is 0. The van der Waals surface area contributed by atoms with E-state index in [4.69, 9.17) is 5.10 Å². The summed E-state index contributed by atoms with van der Waals surface area (Å²) in [6.45, 7) is -0.518. The van der Waals surface area contributed by atoms with Gasteiger partial charge in [-0.15, -0.1) is 0 Å². The summed E-state index contributed by atoms with van der Waals surface area (Å²) >= 11 is 0. The average Bonchev–Trinajstić information content (AvgIpc) is 3.17. The molecule has 4 aromatic carbocycles. The number of nitrogens with zero attached hydrogens (tertiary/aromatic N) is 2. The molecule has 0 unspecified atom stereocenters. The third-order valence-electron chi connectivity index (χ3n) is 5.75. The number of carbonyl (C=O) groups excluding carboxylic acids is 1. The van der Waals surface area contributed by atoms with Gasteiger partial charge in [-0.1, -0.05) is 109 Å². The van der Waals surface area contributed by atoms with Gasteiger partial charge in [-0.3, -0.25) is 4.79 Å². The Kier molecular flexibility index (Phi) is 5.34. The first-order chi connectivity index (χ1) is 15.7. The van der Waals surface area contributed by atoms with Crippen molar-refractivity contribution in [3.8, 4) is 0 Å². The van der Waals surface area contributed by atoms with Crippen LogP contribution in [0.15, 0.2) is 126 Å². The number of hydrogen-bond acceptors (Lipinski definition) is 2. The third-order valence-corrected chi connectivity index (χ3v) is 10.2. The lowest BCUT2D eigenvalue weighted by Crippen LogP contribution is -2.37. The van der Waals surface area contributed by atoms with Crippen LogP contribution in [0.25, 0.3) is 0 Å². The van der Waals surface area contributed by atoms with E-state index in [9.17, 15) is 4.79 Å². The number of benzene rings is 4. The predicted octanol–water partition coefficient (Wildman–Crippen LogP) is 4.58. The minimum absolute atomic E-state index is 0.0569. The summed E-state index contributed by atoms with van der Waals surface area (Å²) in [5, 5.41) is 10.5. The third kappa shape index (κ3) is 3.23. The molecule has 156 valence electrons. The largest absolute Gasteiger partial charge is 0.281 e. The Labute approximate surface area is 188 Å². The lowest BCUT2D eigenvalue weighted by Gasteiger charge is -2.31. The summed E-state index contributed by atoms with van der Waals surface area (Å²) in [4.78, 5) is 14.1. The molecule has 4 aromatic rings. The van der Waals surface area contributed by atoms with Gasteiger partial charge in [0.05, 0.1) is 16.7 Å². The van der Waals surface area contributed by atoms with E-state index < -0.39 is 6.89 Å². The van der Waals surface area contributed by atoms with Gasteiger partial charge in [-0.25, -0.2) is 0 Å². The van der Waals surface area contributed by atoms with Crippen LogP contribution in [0.4, 0.5) is 5.69 Å². The van der Waals surface area contributed by atoms with E-state index in [-0.39, 0.29) is 5.91 Å². The molecule has 4 heteroatoms. The van der Waals surface area contributed by atoms with E-state index in [1.54, 1.807) is 5.01 Å². The van der Waals surface area contributed by atoms with Crippen LogP contribution in [0.3, 0.4) is 0 Å². The molecule has 0 bridgehead atoms. The number of amides is 1. The molecule has 0 atom stereocenters. The molecular weight excluding hydrogens is 411 g/mol. The molecule has 1 amide bonds. The van der Waals surface area contributed by atoms with E-state index >= 15 is 0 Å². The van der Waals surface area contributed by atoms with E-state index in [2.05, 4.69) is 72.8 Å². The van der Waals surface area contributed by atoms with E-state index in [1.807, 2.05) is 55.5 Å². The van der Waals surface area contributed by atoms with Gasteiger partial charge >= 0.3 is 0 Å². The fraction of sp³-hybridized carbons (Fsp3) is 0.0357. The molecule has 0 saturated carbocycles. The highest BCUT2D eigenvalue weighted by Gasteiger charge is 2.40. The quantitative estimate of drug-likeness (QED) is 0.433. The maximum absolute atomic E-state index is 14.1. The Hall–Kier alpha value is -3.68. The fourth-order valence-electron chi connectivity index (χ4n) is 4.42. The SMILES string of the molecule is CC1=NN(c2ccccc2)C(=O)C1=P(c1ccccc1)(c1ccccc1)c1ccccc1. The molecule has 0 spiro atoms. The topological polar surface area (TPSA) is 32.7 Å². The molecule has 1 aliphatic rings. The number of anilines is 1. The molecule has 32 heavy (non-hydrogen) atoms. The van der Waals surface area contributed by atoms with E-state index in [1.165, 1.54) is 0 Å². The molecule has 0 aliphatic carbocycles. The van der Waals surface area contributed by atoms with Crippen LogP contribution in [0, 0.1) is 0 Å². The monoisotopic (exact) mass is 434 g/mol. The second kappa shape index (κ2) is 8.45. The van der Waals surface area contributed by atoms with Crippen molar-refractivity contribution in [2.75, 3.05) is 5.01 Å². The second-order valence-electron chi connectivity index (χ2n) is 7.66. The van der Waals surface area contributed by atoms with Crippen molar-refractivity contribution < 1.29 is 4.79 Å². The smallest absolute Gasteiger partial charge is 0.267 e. The molecule has 5 rings (SSSR count). The molecule has 1 heterocycles. The van der Waals surface area contributed by atoms with Crippen molar-refractivity contribution >= 4 is 45.4 Å². The van der Waals surface area contributed by atoms with Crippen molar-refractivity contribution in [2.24, 2.45) is 5.10 Å². The lowest BCUT2D eigenvalue weighted by molar-refractivity contribution is -0.112. The summed E-state index contributed by atoms with van der Waals surface area (Å²) in [7, 11) is 0. The maximum Gasteiger partial charge on any atom is 0.281 e. The van der Waals surface area contributed by atoms with Gasteiger partial charge < -0.3 is 0 Å². The minimum Gasteiger partial charge on any atom is -0.267 e. The predicted molar refractivity (Wildman–Crippen MR) is 137 cm³/mol. The van der Waals surface area contributed by atoms with Gasteiger partial charge in [0.25, 0.3) is 5.91 Å². The standard InChI is InChI=1S/C28H23N2OP/c1-22-27(28(31)30(29-22)23-14-6-2-7-15-23)32(24-16-8-3-9-17-24,25-18-10-4-11-19-25)26-20-12-5-13-21-26/h2-21H,1H3. The van der Waals surface area contributed by atoms with Gasteiger partial charge in [0.15, 0.2) is 0 Å². The Bertz CT molecular complexity index is 1230. The zero-order valence-corrected chi connectivity index (χ0v) is 18.7. The van der Waals surface area contributed by atoms with Gasteiger partial charge in [0.2, 0.25) is 0 Å². The lowest BCUT2D eigenvalue weighted by atomic mass is 10.3. The average molecular weight is 434 g/mol. The highest BCUT2D eigenvalue weighted by atomic mass is 31.2. The van der Waals surface area contributed by atoms with Crippen LogP contribution in [0.2, 0.25) is 0 Å². The van der Waals surface area contributed by atoms with Crippen molar-refractivity contribution in [3.05, 3.63) is 121 Å². The van der Waals surface area contributed by atoms with Crippen molar-refractivity contribution in [1.29, 1.82) is 0 Å². The van der Waals surface area contributed by atoms with E-state index in [0.29, 0.717) is 0 Å². The fourth-order valence-corrected chi connectivity index (χ4v) is 8.86. The zero-order chi connectivity index (χ0) is 22.0. The van der Waals surface area contributed by atoms with Crippen LogP contribution in [0.1, 0.15) is 6.92 Å². The molecule has 1 aliphatic heterocycles. The number of hydrazone groups is 1. The van der Waals surface area contributed by atoms with Gasteiger partial charge in [-0.05, 0) is 41.9 Å². The van der Waals surface area contributed by atoms with Crippen LogP contribution in [-0.4, -0.2) is 16.9 Å². The Balaban J connectivity index is 1.92. The van der Waals surface area contributed by atoms with E-state index in [0.717, 1.165) is 32.6 Å².